The van der Waals surface area contributed by atoms with Crippen molar-refractivity contribution in [3.8, 4) is 0 Å². The second kappa shape index (κ2) is 10.1. The number of likely N-dealkylation sites (N-methyl/N-ethyl adjacent to an activating group) is 1. The summed E-state index contributed by atoms with van der Waals surface area (Å²) in [4.78, 5) is 31.7. The van der Waals surface area contributed by atoms with Gasteiger partial charge in [0.25, 0.3) is 11.5 Å². The van der Waals surface area contributed by atoms with Crippen molar-refractivity contribution in [1.29, 1.82) is 0 Å². The van der Waals surface area contributed by atoms with E-state index >= 15 is 0 Å². The van der Waals surface area contributed by atoms with Crippen LogP contribution in [0.4, 0.5) is 5.95 Å². The predicted molar refractivity (Wildman–Crippen MR) is 116 cm³/mol. The van der Waals surface area contributed by atoms with Crippen LogP contribution in [0.1, 0.15) is 24.3 Å². The van der Waals surface area contributed by atoms with Gasteiger partial charge in [0.05, 0.1) is 24.2 Å². The summed E-state index contributed by atoms with van der Waals surface area (Å²) in [5.41, 5.74) is 1.63. The third-order valence-corrected chi connectivity index (χ3v) is 5.02. The van der Waals surface area contributed by atoms with Crippen molar-refractivity contribution in [1.82, 2.24) is 24.2 Å². The highest BCUT2D eigenvalue weighted by atomic mass is 16.5. The SMILES string of the molecule is CCN(CC)CCn1c(NC(=O)c2ccc(=O)n(CCOC)n2)nc2ccccc21. The van der Waals surface area contributed by atoms with Gasteiger partial charge in [-0.2, -0.15) is 5.10 Å². The van der Waals surface area contributed by atoms with Crippen molar-refractivity contribution in [3.05, 3.63) is 52.4 Å². The molecule has 9 nitrogen and oxygen atoms in total. The molecule has 30 heavy (non-hydrogen) atoms. The molecule has 0 saturated heterocycles. The van der Waals surface area contributed by atoms with Gasteiger partial charge in [-0.15, -0.1) is 0 Å². The normalized spacial score (nSPS) is 11.3. The first-order chi connectivity index (χ1) is 14.6. The molecule has 0 aliphatic heterocycles. The van der Waals surface area contributed by atoms with E-state index < -0.39 is 5.91 Å². The summed E-state index contributed by atoms with van der Waals surface area (Å²) >= 11 is 0. The number of ether oxygens (including phenoxy) is 1. The molecule has 1 aromatic carbocycles. The van der Waals surface area contributed by atoms with E-state index in [1.165, 1.54) is 16.8 Å². The number of nitrogens with zero attached hydrogens (tertiary/aromatic N) is 5. The number of nitrogens with one attached hydrogen (secondary N) is 1. The minimum absolute atomic E-state index is 0.146. The number of para-hydroxylation sites is 2. The van der Waals surface area contributed by atoms with Crippen molar-refractivity contribution >= 4 is 22.9 Å². The summed E-state index contributed by atoms with van der Waals surface area (Å²) in [7, 11) is 1.55. The lowest BCUT2D eigenvalue weighted by atomic mass is 10.3. The monoisotopic (exact) mass is 412 g/mol. The molecule has 0 radical (unpaired) electrons. The van der Waals surface area contributed by atoms with Gasteiger partial charge >= 0.3 is 0 Å². The third-order valence-electron chi connectivity index (χ3n) is 5.02. The minimum atomic E-state index is -0.416. The molecule has 0 saturated carbocycles. The van der Waals surface area contributed by atoms with Crippen LogP contribution in [0, 0.1) is 0 Å². The molecular formula is C21H28N6O3. The maximum absolute atomic E-state index is 12.8. The van der Waals surface area contributed by atoms with Crippen LogP contribution in [-0.2, 0) is 17.8 Å². The van der Waals surface area contributed by atoms with Gasteiger partial charge < -0.3 is 14.2 Å². The van der Waals surface area contributed by atoms with Gasteiger partial charge in [0.2, 0.25) is 5.95 Å². The summed E-state index contributed by atoms with van der Waals surface area (Å²) in [6.07, 6.45) is 0. The summed E-state index contributed by atoms with van der Waals surface area (Å²) in [6, 6.07) is 10.5. The highest BCUT2D eigenvalue weighted by Gasteiger charge is 2.16. The average molecular weight is 412 g/mol. The van der Waals surface area contributed by atoms with Crippen LogP contribution < -0.4 is 10.9 Å². The molecule has 0 atom stereocenters. The number of anilines is 1. The van der Waals surface area contributed by atoms with Crippen molar-refractivity contribution in [3.63, 3.8) is 0 Å². The van der Waals surface area contributed by atoms with Crippen LogP contribution >= 0.6 is 0 Å². The molecule has 0 bridgehead atoms. The van der Waals surface area contributed by atoms with Crippen LogP contribution in [0.15, 0.2) is 41.2 Å². The Morgan fingerprint density at radius 1 is 1.13 bits per heavy atom. The van der Waals surface area contributed by atoms with E-state index in [-0.39, 0.29) is 17.8 Å². The maximum atomic E-state index is 12.8. The van der Waals surface area contributed by atoms with E-state index in [2.05, 4.69) is 34.1 Å². The molecule has 1 N–H and O–H groups in total. The highest BCUT2D eigenvalue weighted by molar-refractivity contribution is 6.02. The Hall–Kier alpha value is -3.04. The molecule has 0 aliphatic carbocycles. The summed E-state index contributed by atoms with van der Waals surface area (Å²) in [5.74, 6) is 0.0466. The van der Waals surface area contributed by atoms with Crippen LogP contribution in [0.5, 0.6) is 0 Å². The first-order valence-corrected chi connectivity index (χ1v) is 10.1. The average Bonchev–Trinajstić information content (AvgIpc) is 3.10. The molecular weight excluding hydrogens is 384 g/mol. The number of carbonyl (C=O) groups is 1. The van der Waals surface area contributed by atoms with Crippen molar-refractivity contribution in [2.24, 2.45) is 0 Å². The number of carbonyl (C=O) groups excluding carboxylic acids is 1. The van der Waals surface area contributed by atoms with E-state index in [0.717, 1.165) is 30.7 Å². The van der Waals surface area contributed by atoms with Gasteiger partial charge in [0, 0.05) is 26.3 Å². The quantitative estimate of drug-likeness (QED) is 0.546. The number of amides is 1. The van der Waals surface area contributed by atoms with Gasteiger partial charge in [0.15, 0.2) is 0 Å². The summed E-state index contributed by atoms with van der Waals surface area (Å²) in [5, 5.41) is 7.02. The van der Waals surface area contributed by atoms with Crippen molar-refractivity contribution < 1.29 is 9.53 Å². The molecule has 0 spiro atoms. The van der Waals surface area contributed by atoms with Gasteiger partial charge in [-0.25, -0.2) is 9.67 Å². The first-order valence-electron chi connectivity index (χ1n) is 10.1. The second-order valence-corrected chi connectivity index (χ2v) is 6.83. The zero-order valence-electron chi connectivity index (χ0n) is 17.7. The van der Waals surface area contributed by atoms with E-state index in [4.69, 9.17) is 4.74 Å². The Morgan fingerprint density at radius 2 is 1.90 bits per heavy atom. The Kier molecular flexibility index (Phi) is 7.31. The molecule has 2 aromatic heterocycles. The van der Waals surface area contributed by atoms with E-state index in [1.807, 2.05) is 28.8 Å². The fourth-order valence-electron chi connectivity index (χ4n) is 3.25. The van der Waals surface area contributed by atoms with Crippen LogP contribution in [0.25, 0.3) is 11.0 Å². The van der Waals surface area contributed by atoms with E-state index in [1.54, 1.807) is 7.11 Å². The van der Waals surface area contributed by atoms with Gasteiger partial charge in [-0.3, -0.25) is 14.9 Å². The molecule has 3 rings (SSSR count). The number of methoxy groups -OCH3 is 1. The summed E-state index contributed by atoms with van der Waals surface area (Å²) in [6.45, 7) is 8.31. The van der Waals surface area contributed by atoms with Crippen LogP contribution in [0.3, 0.4) is 0 Å². The molecule has 9 heteroatoms. The Labute approximate surface area is 175 Å². The lowest BCUT2D eigenvalue weighted by molar-refractivity contribution is 0.101. The fourth-order valence-corrected chi connectivity index (χ4v) is 3.25. The molecule has 1 amide bonds. The summed E-state index contributed by atoms with van der Waals surface area (Å²) < 4.78 is 8.22. The van der Waals surface area contributed by atoms with Crippen molar-refractivity contribution in [2.45, 2.75) is 26.9 Å². The lowest BCUT2D eigenvalue weighted by Crippen LogP contribution is -2.29. The minimum Gasteiger partial charge on any atom is -0.383 e. The number of benzene rings is 1. The number of fused-ring (bicyclic) bond motifs is 1. The molecule has 0 fully saturated rings. The number of hydrogen-bond donors (Lipinski definition) is 1. The fraction of sp³-hybridized carbons (Fsp3) is 0.429. The standard InChI is InChI=1S/C21H28N6O3/c1-4-25(5-2)12-13-26-18-9-7-6-8-16(18)22-21(26)23-20(29)17-10-11-19(28)27(24-17)14-15-30-3/h6-11H,4-5,12-15H2,1-3H3,(H,22,23,29). The number of aromatic nitrogens is 4. The molecule has 2 heterocycles. The van der Waals surface area contributed by atoms with Gasteiger partial charge in [-0.05, 0) is 31.3 Å². The van der Waals surface area contributed by atoms with Crippen molar-refractivity contribution in [2.75, 3.05) is 38.7 Å². The first kappa shape index (κ1) is 21.7. The largest absolute Gasteiger partial charge is 0.383 e. The zero-order chi connectivity index (χ0) is 21.5. The molecule has 3 aromatic rings. The van der Waals surface area contributed by atoms with E-state index in [9.17, 15) is 9.59 Å². The number of imidazole rings is 1. The number of rotatable bonds is 10. The van der Waals surface area contributed by atoms with Crippen LogP contribution in [-0.4, -0.2) is 63.5 Å². The second-order valence-electron chi connectivity index (χ2n) is 6.83. The Morgan fingerprint density at radius 3 is 2.63 bits per heavy atom. The smallest absolute Gasteiger partial charge is 0.278 e. The Bertz CT molecular complexity index is 1050. The molecule has 0 aliphatic rings. The zero-order valence-corrected chi connectivity index (χ0v) is 17.7. The lowest BCUT2D eigenvalue weighted by Gasteiger charge is -2.19. The van der Waals surface area contributed by atoms with Crippen LogP contribution in [0.2, 0.25) is 0 Å². The molecule has 160 valence electrons. The molecule has 0 unspecified atom stereocenters. The van der Waals surface area contributed by atoms with E-state index in [0.29, 0.717) is 19.1 Å². The number of hydrogen-bond acceptors (Lipinski definition) is 6. The Balaban J connectivity index is 1.87. The predicted octanol–water partition coefficient (Wildman–Crippen LogP) is 1.83. The van der Waals surface area contributed by atoms with Gasteiger partial charge in [0.1, 0.15) is 5.69 Å². The highest BCUT2D eigenvalue weighted by Crippen LogP contribution is 2.20. The van der Waals surface area contributed by atoms with Gasteiger partial charge in [-0.1, -0.05) is 26.0 Å². The topological polar surface area (TPSA) is 94.3 Å². The maximum Gasteiger partial charge on any atom is 0.278 e. The third kappa shape index (κ3) is 4.92.